The molecule has 0 saturated carbocycles. The first-order valence-corrected chi connectivity index (χ1v) is 6.40. The molecule has 0 fully saturated rings. The summed E-state index contributed by atoms with van der Waals surface area (Å²) in [5.41, 5.74) is 1.13. The number of hydrogen-bond donors (Lipinski definition) is 1. The first-order valence-electron chi connectivity index (χ1n) is 6.40. The lowest BCUT2D eigenvalue weighted by Crippen LogP contribution is -2.08. The molecule has 1 heterocycles. The SMILES string of the molecule is CNCCCc1nnc(Cc2ccc(OC)cc2)o1. The van der Waals surface area contributed by atoms with E-state index in [-0.39, 0.29) is 0 Å². The molecule has 0 atom stereocenters. The Labute approximate surface area is 113 Å². The third-order valence-corrected chi connectivity index (χ3v) is 2.84. The Hall–Kier alpha value is -1.88. The molecule has 0 unspecified atom stereocenters. The van der Waals surface area contributed by atoms with Crippen LogP contribution >= 0.6 is 0 Å². The summed E-state index contributed by atoms with van der Waals surface area (Å²) >= 11 is 0. The Kier molecular flexibility index (Phi) is 4.92. The predicted octanol–water partition coefficient (Wildman–Crippen LogP) is 1.82. The number of aromatic nitrogens is 2. The van der Waals surface area contributed by atoms with E-state index in [2.05, 4.69) is 15.5 Å². The molecule has 0 amide bonds. The largest absolute Gasteiger partial charge is 0.497 e. The van der Waals surface area contributed by atoms with Gasteiger partial charge in [-0.2, -0.15) is 0 Å². The molecule has 102 valence electrons. The van der Waals surface area contributed by atoms with Crippen LogP contribution in [0.1, 0.15) is 23.8 Å². The van der Waals surface area contributed by atoms with Crippen molar-refractivity contribution in [2.24, 2.45) is 0 Å². The lowest BCUT2D eigenvalue weighted by atomic mass is 10.1. The van der Waals surface area contributed by atoms with E-state index in [1.807, 2.05) is 31.3 Å². The van der Waals surface area contributed by atoms with Gasteiger partial charge >= 0.3 is 0 Å². The van der Waals surface area contributed by atoms with Gasteiger partial charge in [0.05, 0.1) is 13.5 Å². The van der Waals surface area contributed by atoms with Crippen molar-refractivity contribution in [3.63, 3.8) is 0 Å². The number of benzene rings is 1. The molecule has 19 heavy (non-hydrogen) atoms. The zero-order valence-electron chi connectivity index (χ0n) is 11.3. The van der Waals surface area contributed by atoms with E-state index in [1.54, 1.807) is 7.11 Å². The van der Waals surface area contributed by atoms with Crippen LogP contribution in [0, 0.1) is 0 Å². The number of rotatable bonds is 7. The summed E-state index contributed by atoms with van der Waals surface area (Å²) in [6.07, 6.45) is 2.47. The maximum Gasteiger partial charge on any atom is 0.220 e. The van der Waals surface area contributed by atoms with Crippen LogP contribution in [0.3, 0.4) is 0 Å². The van der Waals surface area contributed by atoms with Gasteiger partial charge < -0.3 is 14.5 Å². The maximum absolute atomic E-state index is 5.61. The highest BCUT2D eigenvalue weighted by Crippen LogP contribution is 2.14. The second-order valence-electron chi connectivity index (χ2n) is 4.32. The summed E-state index contributed by atoms with van der Waals surface area (Å²) < 4.78 is 10.7. The summed E-state index contributed by atoms with van der Waals surface area (Å²) in [5, 5.41) is 11.2. The van der Waals surface area contributed by atoms with Crippen molar-refractivity contribution in [2.45, 2.75) is 19.3 Å². The highest BCUT2D eigenvalue weighted by atomic mass is 16.5. The number of nitrogens with zero attached hydrogens (tertiary/aromatic N) is 2. The molecule has 0 aliphatic heterocycles. The zero-order chi connectivity index (χ0) is 13.5. The first-order chi connectivity index (χ1) is 9.31. The van der Waals surface area contributed by atoms with Gasteiger partial charge in [-0.1, -0.05) is 12.1 Å². The van der Waals surface area contributed by atoms with E-state index in [9.17, 15) is 0 Å². The molecule has 0 aliphatic carbocycles. The third kappa shape index (κ3) is 4.06. The Morgan fingerprint density at radius 2 is 1.89 bits per heavy atom. The quantitative estimate of drug-likeness (QED) is 0.770. The molecule has 5 nitrogen and oxygen atoms in total. The predicted molar refractivity (Wildman–Crippen MR) is 72.3 cm³/mol. The van der Waals surface area contributed by atoms with Gasteiger partial charge in [-0.05, 0) is 37.7 Å². The fourth-order valence-corrected chi connectivity index (χ4v) is 1.80. The summed E-state index contributed by atoms with van der Waals surface area (Å²) in [6.45, 7) is 0.955. The maximum atomic E-state index is 5.61. The molecule has 2 aromatic rings. The van der Waals surface area contributed by atoms with Crippen LogP contribution in [-0.4, -0.2) is 30.9 Å². The van der Waals surface area contributed by atoms with Crippen LogP contribution in [0.15, 0.2) is 28.7 Å². The first kappa shape index (κ1) is 13.5. The number of ether oxygens (including phenoxy) is 1. The fraction of sp³-hybridized carbons (Fsp3) is 0.429. The van der Waals surface area contributed by atoms with Gasteiger partial charge in [0.15, 0.2) is 0 Å². The van der Waals surface area contributed by atoms with Crippen molar-refractivity contribution < 1.29 is 9.15 Å². The minimum atomic E-state index is 0.656. The van der Waals surface area contributed by atoms with Gasteiger partial charge in [0, 0.05) is 6.42 Å². The monoisotopic (exact) mass is 261 g/mol. The Morgan fingerprint density at radius 3 is 2.58 bits per heavy atom. The van der Waals surface area contributed by atoms with Gasteiger partial charge in [0.25, 0.3) is 0 Å². The van der Waals surface area contributed by atoms with Crippen LogP contribution in [-0.2, 0) is 12.8 Å². The van der Waals surface area contributed by atoms with Gasteiger partial charge in [-0.3, -0.25) is 0 Å². The molecular weight excluding hydrogens is 242 g/mol. The Morgan fingerprint density at radius 1 is 1.16 bits per heavy atom. The molecule has 0 spiro atoms. The highest BCUT2D eigenvalue weighted by molar-refractivity contribution is 5.28. The van der Waals surface area contributed by atoms with E-state index >= 15 is 0 Å². The molecule has 0 saturated heterocycles. The second kappa shape index (κ2) is 6.89. The normalized spacial score (nSPS) is 10.6. The summed E-state index contributed by atoms with van der Waals surface area (Å²) in [6, 6.07) is 7.87. The van der Waals surface area contributed by atoms with Crippen LogP contribution in [0.25, 0.3) is 0 Å². The van der Waals surface area contributed by atoms with Crippen LogP contribution in [0.5, 0.6) is 5.75 Å². The number of nitrogens with one attached hydrogen (secondary N) is 1. The van der Waals surface area contributed by atoms with Crippen LogP contribution in [0.2, 0.25) is 0 Å². The lowest BCUT2D eigenvalue weighted by Gasteiger charge is -2.00. The van der Waals surface area contributed by atoms with Gasteiger partial charge in [-0.25, -0.2) is 0 Å². The number of methoxy groups -OCH3 is 1. The minimum absolute atomic E-state index is 0.656. The average Bonchev–Trinajstić information content (AvgIpc) is 2.88. The van der Waals surface area contributed by atoms with E-state index in [0.717, 1.165) is 30.7 Å². The van der Waals surface area contributed by atoms with Crippen molar-refractivity contribution in [3.8, 4) is 5.75 Å². The van der Waals surface area contributed by atoms with Crippen molar-refractivity contribution in [2.75, 3.05) is 20.7 Å². The minimum Gasteiger partial charge on any atom is -0.497 e. The van der Waals surface area contributed by atoms with Crippen molar-refractivity contribution in [1.82, 2.24) is 15.5 Å². The topological polar surface area (TPSA) is 60.2 Å². The lowest BCUT2D eigenvalue weighted by molar-refractivity contribution is 0.414. The molecule has 0 aliphatic rings. The molecule has 1 N–H and O–H groups in total. The highest BCUT2D eigenvalue weighted by Gasteiger charge is 2.06. The molecule has 1 aromatic heterocycles. The number of aryl methyl sites for hydroxylation is 1. The van der Waals surface area contributed by atoms with Gasteiger partial charge in [-0.15, -0.1) is 10.2 Å². The Bertz CT molecular complexity index is 494. The van der Waals surface area contributed by atoms with Crippen molar-refractivity contribution >= 4 is 0 Å². The number of hydrogen-bond acceptors (Lipinski definition) is 5. The summed E-state index contributed by atoms with van der Waals surface area (Å²) in [5.74, 6) is 2.21. The van der Waals surface area contributed by atoms with Crippen LogP contribution in [0.4, 0.5) is 0 Å². The van der Waals surface area contributed by atoms with E-state index in [4.69, 9.17) is 9.15 Å². The van der Waals surface area contributed by atoms with Crippen molar-refractivity contribution in [3.05, 3.63) is 41.6 Å². The summed E-state index contributed by atoms with van der Waals surface area (Å²) in [7, 11) is 3.59. The smallest absolute Gasteiger partial charge is 0.220 e. The zero-order valence-corrected chi connectivity index (χ0v) is 11.3. The van der Waals surface area contributed by atoms with E-state index in [0.29, 0.717) is 18.2 Å². The fourth-order valence-electron chi connectivity index (χ4n) is 1.80. The molecule has 0 radical (unpaired) electrons. The van der Waals surface area contributed by atoms with Crippen molar-refractivity contribution in [1.29, 1.82) is 0 Å². The van der Waals surface area contributed by atoms with E-state index < -0.39 is 0 Å². The van der Waals surface area contributed by atoms with E-state index in [1.165, 1.54) is 0 Å². The second-order valence-corrected chi connectivity index (χ2v) is 4.32. The third-order valence-electron chi connectivity index (χ3n) is 2.84. The van der Waals surface area contributed by atoms with Gasteiger partial charge in [0.1, 0.15) is 5.75 Å². The van der Waals surface area contributed by atoms with Crippen LogP contribution < -0.4 is 10.1 Å². The standard InChI is InChI=1S/C14H19N3O2/c1-15-9-3-4-13-16-17-14(19-13)10-11-5-7-12(18-2)8-6-11/h5-8,15H,3-4,9-10H2,1-2H3. The molecular formula is C14H19N3O2. The Balaban J connectivity index is 1.91. The molecule has 2 rings (SSSR count). The average molecular weight is 261 g/mol. The molecule has 0 bridgehead atoms. The van der Waals surface area contributed by atoms with Gasteiger partial charge in [0.2, 0.25) is 11.8 Å². The molecule has 1 aromatic carbocycles. The molecule has 5 heteroatoms. The summed E-state index contributed by atoms with van der Waals surface area (Å²) in [4.78, 5) is 0.